The van der Waals surface area contributed by atoms with Crippen LogP contribution in [0.1, 0.15) is 26.7 Å². The minimum atomic E-state index is -3.59. The molecule has 0 amide bonds. The van der Waals surface area contributed by atoms with E-state index in [4.69, 9.17) is 17.3 Å². The van der Waals surface area contributed by atoms with Crippen molar-refractivity contribution < 1.29 is 8.42 Å². The summed E-state index contributed by atoms with van der Waals surface area (Å²) in [6.45, 7) is 3.90. The fourth-order valence-corrected chi connectivity index (χ4v) is 3.49. The van der Waals surface area contributed by atoms with Gasteiger partial charge in [0, 0.05) is 18.1 Å². The molecule has 18 heavy (non-hydrogen) atoms. The second-order valence-electron chi connectivity index (χ2n) is 4.34. The van der Waals surface area contributed by atoms with E-state index in [9.17, 15) is 8.42 Å². The van der Waals surface area contributed by atoms with E-state index in [0.717, 1.165) is 12.8 Å². The second kappa shape index (κ2) is 5.91. The number of sulfonamides is 1. The third-order valence-corrected chi connectivity index (χ3v) is 5.22. The predicted octanol–water partition coefficient (Wildman–Crippen LogP) is 2.73. The Hall–Kier alpha value is -0.780. The van der Waals surface area contributed by atoms with Crippen molar-refractivity contribution in [3.63, 3.8) is 0 Å². The summed E-state index contributed by atoms with van der Waals surface area (Å²) in [6.07, 6.45) is 1.72. The first-order valence-corrected chi connectivity index (χ1v) is 7.65. The summed E-state index contributed by atoms with van der Waals surface area (Å²) in [5.74, 6) is 0. The largest absolute Gasteiger partial charge is 0.398 e. The minimum Gasteiger partial charge on any atom is -0.398 e. The number of hydrogen-bond acceptors (Lipinski definition) is 3. The van der Waals surface area contributed by atoms with Crippen LogP contribution in [0.2, 0.25) is 5.02 Å². The van der Waals surface area contributed by atoms with Crippen LogP contribution in [0.15, 0.2) is 23.1 Å². The maximum absolute atomic E-state index is 12.4. The van der Waals surface area contributed by atoms with Crippen molar-refractivity contribution >= 4 is 27.3 Å². The number of nitrogens with two attached hydrogens (primary N) is 1. The van der Waals surface area contributed by atoms with E-state index in [1.165, 1.54) is 16.4 Å². The number of anilines is 1. The lowest BCUT2D eigenvalue weighted by atomic mass is 10.2. The molecule has 0 aliphatic rings. The average molecular weight is 291 g/mol. The van der Waals surface area contributed by atoms with Crippen LogP contribution in [0.4, 0.5) is 5.69 Å². The first kappa shape index (κ1) is 15.3. The smallest absolute Gasteiger partial charge is 0.245 e. The zero-order valence-electron chi connectivity index (χ0n) is 10.9. The molecule has 0 saturated carbocycles. The molecule has 0 saturated heterocycles. The standard InChI is InChI=1S/C12H19ClN2O2S/c1-4-5-9(2)15(3)18(16,17)12-8-10(13)6-7-11(12)14/h6-9H,4-5,14H2,1-3H3. The Morgan fingerprint density at radius 2 is 2.06 bits per heavy atom. The molecule has 0 aliphatic carbocycles. The fraction of sp³-hybridized carbons (Fsp3) is 0.500. The van der Waals surface area contributed by atoms with Crippen LogP contribution < -0.4 is 5.73 Å². The van der Waals surface area contributed by atoms with Crippen molar-refractivity contribution in [2.45, 2.75) is 37.6 Å². The molecule has 0 heterocycles. The molecule has 6 heteroatoms. The number of rotatable bonds is 5. The van der Waals surface area contributed by atoms with Gasteiger partial charge in [0.1, 0.15) is 4.90 Å². The molecular weight excluding hydrogens is 272 g/mol. The van der Waals surface area contributed by atoms with Crippen molar-refractivity contribution in [3.05, 3.63) is 23.2 Å². The Bertz CT molecular complexity index is 517. The van der Waals surface area contributed by atoms with Gasteiger partial charge in [-0.15, -0.1) is 0 Å². The number of benzene rings is 1. The van der Waals surface area contributed by atoms with E-state index in [1.807, 2.05) is 13.8 Å². The third kappa shape index (κ3) is 3.16. The van der Waals surface area contributed by atoms with Crippen LogP contribution in [-0.4, -0.2) is 25.8 Å². The number of nitrogen functional groups attached to an aromatic ring is 1. The lowest BCUT2D eigenvalue weighted by Gasteiger charge is -2.24. The quantitative estimate of drug-likeness (QED) is 0.848. The van der Waals surface area contributed by atoms with E-state index in [1.54, 1.807) is 13.1 Å². The van der Waals surface area contributed by atoms with Gasteiger partial charge in [-0.25, -0.2) is 8.42 Å². The van der Waals surface area contributed by atoms with Crippen molar-refractivity contribution in [1.29, 1.82) is 0 Å². The zero-order chi connectivity index (χ0) is 13.9. The van der Waals surface area contributed by atoms with Crippen LogP contribution in [0.25, 0.3) is 0 Å². The molecule has 0 aliphatic heterocycles. The fourth-order valence-electron chi connectivity index (χ4n) is 1.72. The van der Waals surface area contributed by atoms with E-state index in [-0.39, 0.29) is 16.6 Å². The first-order valence-electron chi connectivity index (χ1n) is 5.83. The highest BCUT2D eigenvalue weighted by Gasteiger charge is 2.26. The minimum absolute atomic E-state index is 0.0699. The SMILES string of the molecule is CCCC(C)N(C)S(=O)(=O)c1cc(Cl)ccc1N. The molecule has 1 aromatic carbocycles. The van der Waals surface area contributed by atoms with Crippen LogP contribution in [0.5, 0.6) is 0 Å². The summed E-state index contributed by atoms with van der Waals surface area (Å²) in [6, 6.07) is 4.40. The van der Waals surface area contributed by atoms with Gasteiger partial charge < -0.3 is 5.73 Å². The summed E-state index contributed by atoms with van der Waals surface area (Å²) < 4.78 is 26.2. The summed E-state index contributed by atoms with van der Waals surface area (Å²) in [5.41, 5.74) is 5.94. The van der Waals surface area contributed by atoms with E-state index >= 15 is 0 Å². The normalized spacial score (nSPS) is 13.8. The van der Waals surface area contributed by atoms with Gasteiger partial charge in [0.2, 0.25) is 10.0 Å². The third-order valence-electron chi connectivity index (χ3n) is 2.96. The summed E-state index contributed by atoms with van der Waals surface area (Å²) in [7, 11) is -2.02. The van der Waals surface area contributed by atoms with Gasteiger partial charge in [0.05, 0.1) is 5.69 Å². The number of halogens is 1. The Balaban J connectivity index is 3.17. The molecule has 1 unspecified atom stereocenters. The van der Waals surface area contributed by atoms with Crippen molar-refractivity contribution in [2.75, 3.05) is 12.8 Å². The van der Waals surface area contributed by atoms with Crippen LogP contribution in [0, 0.1) is 0 Å². The molecule has 1 atom stereocenters. The highest BCUT2D eigenvalue weighted by molar-refractivity contribution is 7.89. The Morgan fingerprint density at radius 3 is 2.61 bits per heavy atom. The molecule has 1 rings (SSSR count). The monoisotopic (exact) mass is 290 g/mol. The van der Waals surface area contributed by atoms with E-state index in [0.29, 0.717) is 5.02 Å². The molecule has 1 aromatic rings. The molecule has 0 spiro atoms. The molecule has 4 nitrogen and oxygen atoms in total. The molecule has 102 valence electrons. The van der Waals surface area contributed by atoms with Gasteiger partial charge in [0.15, 0.2) is 0 Å². The lowest BCUT2D eigenvalue weighted by molar-refractivity contribution is 0.369. The van der Waals surface area contributed by atoms with Gasteiger partial charge in [-0.05, 0) is 31.5 Å². The Kier molecular flexibility index (Phi) is 5.01. The van der Waals surface area contributed by atoms with Gasteiger partial charge in [-0.3, -0.25) is 0 Å². The van der Waals surface area contributed by atoms with Gasteiger partial charge in [0.25, 0.3) is 0 Å². The molecular formula is C12H19ClN2O2S. The van der Waals surface area contributed by atoms with Crippen LogP contribution >= 0.6 is 11.6 Å². The zero-order valence-corrected chi connectivity index (χ0v) is 12.4. The summed E-state index contributed by atoms with van der Waals surface area (Å²) >= 11 is 5.83. The molecule has 0 radical (unpaired) electrons. The maximum Gasteiger partial charge on any atom is 0.245 e. The molecule has 0 bridgehead atoms. The van der Waals surface area contributed by atoms with Gasteiger partial charge >= 0.3 is 0 Å². The molecule has 0 fully saturated rings. The average Bonchev–Trinajstić information content (AvgIpc) is 2.31. The second-order valence-corrected chi connectivity index (χ2v) is 6.74. The number of hydrogen-bond donors (Lipinski definition) is 1. The van der Waals surface area contributed by atoms with Gasteiger partial charge in [-0.2, -0.15) is 4.31 Å². The van der Waals surface area contributed by atoms with Crippen molar-refractivity contribution in [2.24, 2.45) is 0 Å². The van der Waals surface area contributed by atoms with Crippen LogP contribution in [0.3, 0.4) is 0 Å². The van der Waals surface area contributed by atoms with E-state index < -0.39 is 10.0 Å². The lowest BCUT2D eigenvalue weighted by Crippen LogP contribution is -2.35. The topological polar surface area (TPSA) is 63.4 Å². The molecule has 2 N–H and O–H groups in total. The highest BCUT2D eigenvalue weighted by Crippen LogP contribution is 2.26. The van der Waals surface area contributed by atoms with E-state index in [2.05, 4.69) is 0 Å². The van der Waals surface area contributed by atoms with Crippen molar-refractivity contribution in [1.82, 2.24) is 4.31 Å². The molecule has 0 aromatic heterocycles. The van der Waals surface area contributed by atoms with Crippen molar-refractivity contribution in [3.8, 4) is 0 Å². The Morgan fingerprint density at radius 1 is 1.44 bits per heavy atom. The maximum atomic E-state index is 12.4. The van der Waals surface area contributed by atoms with Crippen LogP contribution in [-0.2, 0) is 10.0 Å². The van der Waals surface area contributed by atoms with Gasteiger partial charge in [-0.1, -0.05) is 24.9 Å². The summed E-state index contributed by atoms with van der Waals surface area (Å²) in [4.78, 5) is 0.0699. The summed E-state index contributed by atoms with van der Waals surface area (Å²) in [5, 5.41) is 0.360. The first-order chi connectivity index (χ1) is 8.30. The Labute approximate surface area is 114 Å². The predicted molar refractivity (Wildman–Crippen MR) is 75.2 cm³/mol. The highest BCUT2D eigenvalue weighted by atomic mass is 35.5. The number of nitrogens with zero attached hydrogens (tertiary/aromatic N) is 1.